The van der Waals surface area contributed by atoms with Gasteiger partial charge in [0.25, 0.3) is 0 Å². The van der Waals surface area contributed by atoms with Crippen LogP contribution in [0.15, 0.2) is 46.3 Å². The van der Waals surface area contributed by atoms with Crippen LogP contribution < -0.4 is 5.32 Å². The minimum atomic E-state index is -0.283. The van der Waals surface area contributed by atoms with Crippen LogP contribution in [0.5, 0.6) is 0 Å². The summed E-state index contributed by atoms with van der Waals surface area (Å²) < 4.78 is 17.4. The van der Waals surface area contributed by atoms with E-state index in [-0.39, 0.29) is 17.5 Å². The maximum Gasteiger partial charge on any atom is 0.236 e. The number of aromatic nitrogens is 4. The third kappa shape index (κ3) is 4.53. The molecule has 0 unspecified atom stereocenters. The molecule has 1 amide bonds. The summed E-state index contributed by atoms with van der Waals surface area (Å²) in [6, 6.07) is 7.63. The van der Waals surface area contributed by atoms with E-state index >= 15 is 0 Å². The quantitative estimate of drug-likeness (QED) is 0.667. The topological polar surface area (TPSA) is 96.7 Å². The molecule has 2 aromatic heterocycles. The van der Waals surface area contributed by atoms with Gasteiger partial charge in [0.2, 0.25) is 11.1 Å². The van der Waals surface area contributed by atoms with Crippen molar-refractivity contribution in [2.45, 2.75) is 5.16 Å². The number of anilines is 1. The second-order valence-electron chi connectivity index (χ2n) is 4.61. The summed E-state index contributed by atoms with van der Waals surface area (Å²) in [7, 11) is 0. The molecule has 0 fully saturated rings. The van der Waals surface area contributed by atoms with Crippen LogP contribution in [0.1, 0.15) is 11.4 Å². The van der Waals surface area contributed by atoms with E-state index in [1.54, 1.807) is 30.4 Å². The number of nitrogens with zero attached hydrogens (tertiary/aromatic N) is 3. The van der Waals surface area contributed by atoms with Crippen LogP contribution in [-0.4, -0.2) is 32.0 Å². The number of aromatic amines is 1. The van der Waals surface area contributed by atoms with Gasteiger partial charge >= 0.3 is 0 Å². The molecule has 0 atom stereocenters. The summed E-state index contributed by atoms with van der Waals surface area (Å²) in [5.74, 6) is 0.528. The summed E-state index contributed by atoms with van der Waals surface area (Å²) >= 11 is 1.19. The van der Waals surface area contributed by atoms with Gasteiger partial charge in [-0.15, -0.1) is 5.10 Å². The molecule has 3 rings (SSSR count). The van der Waals surface area contributed by atoms with E-state index in [1.165, 1.54) is 30.2 Å². The van der Waals surface area contributed by atoms with Crippen LogP contribution in [0.4, 0.5) is 10.2 Å². The maximum absolute atomic E-state index is 12.8. The van der Waals surface area contributed by atoms with Gasteiger partial charge in [-0.3, -0.25) is 9.89 Å². The number of carbonyl (C=O) groups is 1. The molecule has 2 heterocycles. The van der Waals surface area contributed by atoms with E-state index in [0.29, 0.717) is 16.8 Å². The Bertz CT molecular complexity index is 830. The largest absolute Gasteiger partial charge is 0.363 e. The summed E-state index contributed by atoms with van der Waals surface area (Å²) in [5, 5.41) is 13.4. The van der Waals surface area contributed by atoms with Crippen molar-refractivity contribution in [3.63, 3.8) is 0 Å². The van der Waals surface area contributed by atoms with E-state index in [9.17, 15) is 9.18 Å². The number of amides is 1. The summed E-state index contributed by atoms with van der Waals surface area (Å²) in [6.07, 6.45) is 4.88. The second kappa shape index (κ2) is 7.55. The van der Waals surface area contributed by atoms with Crippen molar-refractivity contribution in [2.24, 2.45) is 0 Å². The molecule has 122 valence electrons. The molecular formula is C15H12FN5O2S. The van der Waals surface area contributed by atoms with Crippen LogP contribution in [0.3, 0.4) is 0 Å². The van der Waals surface area contributed by atoms with Gasteiger partial charge < -0.3 is 9.84 Å². The molecule has 0 aliphatic rings. The Kier molecular flexibility index (Phi) is 5.02. The second-order valence-corrected chi connectivity index (χ2v) is 5.55. The van der Waals surface area contributed by atoms with Gasteiger partial charge in [-0.25, -0.2) is 9.37 Å². The molecular weight excluding hydrogens is 333 g/mol. The molecule has 0 aliphatic heterocycles. The average molecular weight is 345 g/mol. The minimum absolute atomic E-state index is 0.145. The Morgan fingerprint density at radius 1 is 1.29 bits per heavy atom. The van der Waals surface area contributed by atoms with Gasteiger partial charge in [0.05, 0.1) is 5.75 Å². The molecule has 9 heteroatoms. The smallest absolute Gasteiger partial charge is 0.236 e. The molecule has 0 spiro atoms. The number of carbonyl (C=O) groups excluding carboxylic acids is 1. The molecule has 2 N–H and O–H groups in total. The van der Waals surface area contributed by atoms with Crippen molar-refractivity contribution in [3.05, 3.63) is 53.8 Å². The van der Waals surface area contributed by atoms with E-state index in [0.717, 1.165) is 5.56 Å². The van der Waals surface area contributed by atoms with Crippen molar-refractivity contribution < 1.29 is 13.7 Å². The predicted molar refractivity (Wildman–Crippen MR) is 87.6 cm³/mol. The monoisotopic (exact) mass is 345 g/mol. The number of H-pyrrole nitrogens is 1. The lowest BCUT2D eigenvalue weighted by Gasteiger charge is -1.98. The van der Waals surface area contributed by atoms with Crippen LogP contribution in [0, 0.1) is 5.82 Å². The Morgan fingerprint density at radius 3 is 2.88 bits per heavy atom. The summed E-state index contributed by atoms with van der Waals surface area (Å²) in [5.41, 5.74) is 0.842. The first-order chi connectivity index (χ1) is 11.7. The van der Waals surface area contributed by atoms with Gasteiger partial charge in [0, 0.05) is 6.07 Å². The zero-order chi connectivity index (χ0) is 16.8. The standard InChI is InChI=1S/C15H12FN5O2S/c16-11-4-1-10(2-5-11)3-6-12-18-15(20-19-12)24-9-14(22)17-13-7-8-23-21-13/h1-8H,9H2,(H,17,21,22)(H,18,19,20)/b6-3+. The summed E-state index contributed by atoms with van der Waals surface area (Å²) in [4.78, 5) is 15.9. The Labute approximate surface area is 140 Å². The lowest BCUT2D eigenvalue weighted by molar-refractivity contribution is -0.113. The minimum Gasteiger partial charge on any atom is -0.363 e. The summed E-state index contributed by atoms with van der Waals surface area (Å²) in [6.45, 7) is 0. The number of hydrogen-bond acceptors (Lipinski definition) is 6. The molecule has 0 radical (unpaired) electrons. The van der Waals surface area contributed by atoms with Gasteiger partial charge in [-0.05, 0) is 23.8 Å². The van der Waals surface area contributed by atoms with Crippen LogP contribution in [0.25, 0.3) is 12.2 Å². The predicted octanol–water partition coefficient (Wildman–Crippen LogP) is 2.83. The molecule has 0 saturated heterocycles. The SMILES string of the molecule is O=C(CSc1n[nH]c(/C=C/c2ccc(F)cc2)n1)Nc1ccon1. The molecule has 0 bridgehead atoms. The number of hydrogen-bond donors (Lipinski definition) is 2. The highest BCUT2D eigenvalue weighted by Gasteiger charge is 2.08. The lowest BCUT2D eigenvalue weighted by Crippen LogP contribution is -2.14. The molecule has 3 aromatic rings. The zero-order valence-corrected chi connectivity index (χ0v) is 13.1. The lowest BCUT2D eigenvalue weighted by atomic mass is 10.2. The van der Waals surface area contributed by atoms with E-state index in [1.807, 2.05) is 0 Å². The van der Waals surface area contributed by atoms with E-state index < -0.39 is 0 Å². The van der Waals surface area contributed by atoms with Crippen LogP contribution in [-0.2, 0) is 4.79 Å². The third-order valence-electron chi connectivity index (χ3n) is 2.82. The highest BCUT2D eigenvalue weighted by Crippen LogP contribution is 2.14. The molecule has 0 saturated carbocycles. The normalized spacial score (nSPS) is 11.0. The first kappa shape index (κ1) is 15.9. The van der Waals surface area contributed by atoms with Crippen molar-refractivity contribution in [2.75, 3.05) is 11.1 Å². The van der Waals surface area contributed by atoms with E-state index in [4.69, 9.17) is 0 Å². The number of nitrogens with one attached hydrogen (secondary N) is 2. The van der Waals surface area contributed by atoms with Crippen molar-refractivity contribution in [3.8, 4) is 0 Å². The fourth-order valence-corrected chi connectivity index (χ4v) is 2.34. The van der Waals surface area contributed by atoms with Crippen LogP contribution in [0.2, 0.25) is 0 Å². The van der Waals surface area contributed by atoms with Gasteiger partial charge in [0.15, 0.2) is 5.82 Å². The Hall–Kier alpha value is -2.94. The van der Waals surface area contributed by atoms with Crippen molar-refractivity contribution in [1.82, 2.24) is 20.3 Å². The fourth-order valence-electron chi connectivity index (χ4n) is 1.73. The molecule has 24 heavy (non-hydrogen) atoms. The first-order valence-corrected chi connectivity index (χ1v) is 7.87. The van der Waals surface area contributed by atoms with Gasteiger partial charge in [0.1, 0.15) is 17.9 Å². The van der Waals surface area contributed by atoms with Crippen molar-refractivity contribution >= 4 is 35.6 Å². The van der Waals surface area contributed by atoms with E-state index in [2.05, 4.69) is 30.2 Å². The zero-order valence-electron chi connectivity index (χ0n) is 12.3. The number of thioether (sulfide) groups is 1. The number of benzene rings is 1. The molecule has 0 aliphatic carbocycles. The third-order valence-corrected chi connectivity index (χ3v) is 3.67. The Balaban J connectivity index is 1.51. The number of rotatable bonds is 6. The van der Waals surface area contributed by atoms with Gasteiger partial charge in [-0.1, -0.05) is 35.1 Å². The van der Waals surface area contributed by atoms with Crippen LogP contribution >= 0.6 is 11.8 Å². The fraction of sp³-hybridized carbons (Fsp3) is 0.0667. The average Bonchev–Trinajstić information content (AvgIpc) is 3.24. The molecule has 1 aromatic carbocycles. The van der Waals surface area contributed by atoms with Crippen molar-refractivity contribution in [1.29, 1.82) is 0 Å². The first-order valence-electron chi connectivity index (χ1n) is 6.88. The van der Waals surface area contributed by atoms with Gasteiger partial charge in [-0.2, -0.15) is 0 Å². The maximum atomic E-state index is 12.8. The Morgan fingerprint density at radius 2 is 2.12 bits per heavy atom. The highest BCUT2D eigenvalue weighted by atomic mass is 32.2. The highest BCUT2D eigenvalue weighted by molar-refractivity contribution is 7.99. The molecule has 7 nitrogen and oxygen atoms in total. The number of halogens is 1.